The van der Waals surface area contributed by atoms with E-state index in [0.717, 1.165) is 11.1 Å². The van der Waals surface area contributed by atoms with E-state index in [9.17, 15) is 9.59 Å². The van der Waals surface area contributed by atoms with Crippen molar-refractivity contribution >= 4 is 46.9 Å². The molecule has 0 heterocycles. The lowest BCUT2D eigenvalue weighted by Crippen LogP contribution is -2.20. The van der Waals surface area contributed by atoms with Crippen molar-refractivity contribution in [3.8, 4) is 11.5 Å². The monoisotopic (exact) mass is 513 g/mol. The molecule has 0 saturated carbocycles. The van der Waals surface area contributed by atoms with Crippen LogP contribution in [0.2, 0.25) is 10.0 Å². The predicted octanol–water partition coefficient (Wildman–Crippen LogP) is 5.79. The number of anilines is 1. The fraction of sp³-hybridized carbons (Fsp3) is 0.192. The standard InChI is InChI=1S/C26H25Cl2N3O4/c1-4-34-23-12-18(14-29-31-26(33)19-8-5-16(2)6-9-19)11-22(28)25(23)35-15-24(32)30-20-10-7-17(3)21(27)13-20/h5-14H,4,15H2,1-3H3,(H,30,32)(H,31,33)/b29-14+. The van der Waals surface area contributed by atoms with Gasteiger partial charge >= 0.3 is 0 Å². The van der Waals surface area contributed by atoms with Crippen LogP contribution in [0.4, 0.5) is 5.69 Å². The van der Waals surface area contributed by atoms with E-state index in [1.54, 1.807) is 36.4 Å². The summed E-state index contributed by atoms with van der Waals surface area (Å²) in [6, 6.07) is 15.6. The van der Waals surface area contributed by atoms with E-state index < -0.39 is 0 Å². The molecule has 0 radical (unpaired) electrons. The van der Waals surface area contributed by atoms with Crippen LogP contribution in [0.3, 0.4) is 0 Å². The fourth-order valence-electron chi connectivity index (χ4n) is 3.01. The first-order valence-corrected chi connectivity index (χ1v) is 11.6. The minimum absolute atomic E-state index is 0.228. The number of aryl methyl sites for hydroxylation is 2. The number of nitrogens with one attached hydrogen (secondary N) is 2. The van der Waals surface area contributed by atoms with E-state index in [4.69, 9.17) is 32.7 Å². The van der Waals surface area contributed by atoms with Crippen LogP contribution in [-0.4, -0.2) is 31.2 Å². The Bertz CT molecular complexity index is 1240. The van der Waals surface area contributed by atoms with E-state index in [-0.39, 0.29) is 29.2 Å². The van der Waals surface area contributed by atoms with Crippen LogP contribution in [-0.2, 0) is 4.79 Å². The van der Waals surface area contributed by atoms with Gasteiger partial charge in [0, 0.05) is 16.3 Å². The molecule has 7 nitrogen and oxygen atoms in total. The Morgan fingerprint density at radius 1 is 0.971 bits per heavy atom. The Morgan fingerprint density at radius 3 is 2.40 bits per heavy atom. The maximum atomic E-state index is 12.3. The van der Waals surface area contributed by atoms with Gasteiger partial charge in [-0.05, 0) is 68.3 Å². The van der Waals surface area contributed by atoms with Crippen molar-refractivity contribution in [3.63, 3.8) is 0 Å². The third kappa shape index (κ3) is 7.47. The summed E-state index contributed by atoms with van der Waals surface area (Å²) >= 11 is 12.5. The molecule has 0 fully saturated rings. The van der Waals surface area contributed by atoms with Gasteiger partial charge in [0.15, 0.2) is 18.1 Å². The molecule has 3 aromatic rings. The number of halogens is 2. The number of carbonyl (C=O) groups is 2. The van der Waals surface area contributed by atoms with Gasteiger partial charge in [-0.1, -0.05) is 47.0 Å². The first kappa shape index (κ1) is 26.1. The first-order chi connectivity index (χ1) is 16.8. The molecule has 2 N–H and O–H groups in total. The number of hydrogen-bond acceptors (Lipinski definition) is 5. The highest BCUT2D eigenvalue weighted by molar-refractivity contribution is 6.32. The zero-order chi connectivity index (χ0) is 25.4. The van der Waals surface area contributed by atoms with Crippen molar-refractivity contribution in [2.75, 3.05) is 18.5 Å². The van der Waals surface area contributed by atoms with Crippen molar-refractivity contribution in [1.82, 2.24) is 5.43 Å². The highest BCUT2D eigenvalue weighted by Crippen LogP contribution is 2.36. The van der Waals surface area contributed by atoms with Gasteiger partial charge < -0.3 is 14.8 Å². The zero-order valence-electron chi connectivity index (χ0n) is 19.5. The second-order valence-electron chi connectivity index (χ2n) is 7.63. The Labute approximate surface area is 214 Å². The summed E-state index contributed by atoms with van der Waals surface area (Å²) < 4.78 is 11.3. The molecule has 3 rings (SSSR count). The molecule has 0 saturated heterocycles. The number of amides is 2. The number of hydrazone groups is 1. The lowest BCUT2D eigenvalue weighted by atomic mass is 10.1. The molecule has 0 aliphatic carbocycles. The van der Waals surface area contributed by atoms with Crippen LogP contribution in [0.25, 0.3) is 0 Å². The van der Waals surface area contributed by atoms with Crippen molar-refractivity contribution in [1.29, 1.82) is 0 Å². The molecule has 35 heavy (non-hydrogen) atoms. The van der Waals surface area contributed by atoms with Crippen LogP contribution >= 0.6 is 23.2 Å². The second-order valence-corrected chi connectivity index (χ2v) is 8.44. The van der Waals surface area contributed by atoms with E-state index >= 15 is 0 Å². The third-order valence-corrected chi connectivity index (χ3v) is 5.52. The normalized spacial score (nSPS) is 10.8. The summed E-state index contributed by atoms with van der Waals surface area (Å²) in [7, 11) is 0. The SMILES string of the molecule is CCOc1cc(/C=N/NC(=O)c2ccc(C)cc2)cc(Cl)c1OCC(=O)Nc1ccc(C)c(Cl)c1. The first-order valence-electron chi connectivity index (χ1n) is 10.8. The van der Waals surface area contributed by atoms with Crippen molar-refractivity contribution in [2.24, 2.45) is 5.10 Å². The minimum atomic E-state index is -0.382. The molecule has 2 amide bonds. The summed E-state index contributed by atoms with van der Waals surface area (Å²) in [6.07, 6.45) is 1.44. The maximum absolute atomic E-state index is 12.3. The van der Waals surface area contributed by atoms with E-state index in [0.29, 0.717) is 34.2 Å². The van der Waals surface area contributed by atoms with Crippen LogP contribution in [0.15, 0.2) is 59.7 Å². The van der Waals surface area contributed by atoms with Crippen LogP contribution in [0.5, 0.6) is 11.5 Å². The van der Waals surface area contributed by atoms with E-state index in [1.165, 1.54) is 6.21 Å². The highest BCUT2D eigenvalue weighted by atomic mass is 35.5. The van der Waals surface area contributed by atoms with E-state index in [1.807, 2.05) is 39.0 Å². The molecule has 0 aromatic heterocycles. The number of carbonyl (C=O) groups excluding carboxylic acids is 2. The Kier molecular flexibility index (Phi) is 9.11. The molecule has 0 spiro atoms. The fourth-order valence-corrected chi connectivity index (χ4v) is 3.46. The van der Waals surface area contributed by atoms with Crippen molar-refractivity contribution in [3.05, 3.63) is 86.9 Å². The molecule has 0 atom stereocenters. The van der Waals surface area contributed by atoms with Crippen molar-refractivity contribution < 1.29 is 19.1 Å². The summed E-state index contributed by atoms with van der Waals surface area (Å²) in [4.78, 5) is 24.6. The number of benzene rings is 3. The summed E-state index contributed by atoms with van der Waals surface area (Å²) in [5.74, 6) is -0.143. The quantitative estimate of drug-likeness (QED) is 0.280. The molecule has 3 aromatic carbocycles. The van der Waals surface area contributed by atoms with E-state index in [2.05, 4.69) is 15.8 Å². The maximum Gasteiger partial charge on any atom is 0.271 e. The third-order valence-electron chi connectivity index (χ3n) is 4.83. The van der Waals surface area contributed by atoms with Gasteiger partial charge in [-0.25, -0.2) is 5.43 Å². The van der Waals surface area contributed by atoms with Gasteiger partial charge in [0.25, 0.3) is 11.8 Å². The van der Waals surface area contributed by atoms with Gasteiger partial charge in [0.2, 0.25) is 0 Å². The lowest BCUT2D eigenvalue weighted by molar-refractivity contribution is -0.118. The molecule has 0 bridgehead atoms. The highest BCUT2D eigenvalue weighted by Gasteiger charge is 2.15. The van der Waals surface area contributed by atoms with Crippen LogP contribution in [0.1, 0.15) is 34.0 Å². The number of hydrogen-bond donors (Lipinski definition) is 2. The summed E-state index contributed by atoms with van der Waals surface area (Å²) in [5, 5.41) is 7.50. The molecule has 9 heteroatoms. The Hall–Kier alpha value is -3.55. The van der Waals surface area contributed by atoms with Crippen LogP contribution in [0, 0.1) is 13.8 Å². The Morgan fingerprint density at radius 2 is 1.71 bits per heavy atom. The lowest BCUT2D eigenvalue weighted by Gasteiger charge is -2.14. The minimum Gasteiger partial charge on any atom is -0.490 e. The summed E-state index contributed by atoms with van der Waals surface area (Å²) in [6.45, 7) is 5.70. The van der Waals surface area contributed by atoms with Gasteiger partial charge in [0.05, 0.1) is 17.8 Å². The second kappa shape index (κ2) is 12.2. The number of ether oxygens (including phenoxy) is 2. The smallest absolute Gasteiger partial charge is 0.271 e. The molecular formula is C26H25Cl2N3O4. The predicted molar refractivity (Wildman–Crippen MR) is 139 cm³/mol. The largest absolute Gasteiger partial charge is 0.490 e. The zero-order valence-corrected chi connectivity index (χ0v) is 21.0. The van der Waals surface area contributed by atoms with Crippen molar-refractivity contribution in [2.45, 2.75) is 20.8 Å². The van der Waals surface area contributed by atoms with Gasteiger partial charge in [-0.2, -0.15) is 5.10 Å². The Balaban J connectivity index is 1.65. The topological polar surface area (TPSA) is 89.0 Å². The number of rotatable bonds is 9. The average Bonchev–Trinajstić information content (AvgIpc) is 2.81. The molecular weight excluding hydrogens is 489 g/mol. The average molecular weight is 514 g/mol. The molecule has 0 aliphatic heterocycles. The van der Waals surface area contributed by atoms with Crippen LogP contribution < -0.4 is 20.2 Å². The van der Waals surface area contributed by atoms with Gasteiger partial charge in [-0.15, -0.1) is 0 Å². The van der Waals surface area contributed by atoms with Gasteiger partial charge in [-0.3, -0.25) is 9.59 Å². The summed E-state index contributed by atoms with van der Waals surface area (Å²) in [5.41, 5.74) is 6.08. The molecule has 182 valence electrons. The molecule has 0 aliphatic rings. The number of nitrogens with zero attached hydrogens (tertiary/aromatic N) is 1. The molecule has 0 unspecified atom stereocenters. The van der Waals surface area contributed by atoms with Gasteiger partial charge in [0.1, 0.15) is 0 Å².